The van der Waals surface area contributed by atoms with E-state index in [1.54, 1.807) is 14.0 Å². The van der Waals surface area contributed by atoms with Gasteiger partial charge in [0.05, 0.1) is 11.9 Å². The van der Waals surface area contributed by atoms with Crippen molar-refractivity contribution >= 4 is 10.0 Å². The van der Waals surface area contributed by atoms with Crippen molar-refractivity contribution in [1.82, 2.24) is 14.5 Å². The molecule has 1 fully saturated rings. The fraction of sp³-hybridized carbons (Fsp3) is 0.769. The number of nitrogens with zero attached hydrogens (tertiary/aromatic N) is 2. The van der Waals surface area contributed by atoms with E-state index < -0.39 is 15.6 Å². The van der Waals surface area contributed by atoms with Crippen molar-refractivity contribution in [1.29, 1.82) is 0 Å². The Bertz CT molecular complexity index is 544. The number of H-pyrrole nitrogens is 1. The summed E-state index contributed by atoms with van der Waals surface area (Å²) in [6.07, 6.45) is 7.40. The summed E-state index contributed by atoms with van der Waals surface area (Å²) in [4.78, 5) is 0.247. The minimum Gasteiger partial charge on any atom is -0.329 e. The first kappa shape index (κ1) is 15.5. The first-order valence-electron chi connectivity index (χ1n) is 7.13. The SMILES string of the molecule is Cc1[nH]ncc1S(=O)(=O)N(C)C1(CN)CCCCCC1. The summed E-state index contributed by atoms with van der Waals surface area (Å²) >= 11 is 0. The third-order valence-corrected chi connectivity index (χ3v) is 6.58. The monoisotopic (exact) mass is 300 g/mol. The van der Waals surface area contributed by atoms with E-state index in [2.05, 4.69) is 10.2 Å². The van der Waals surface area contributed by atoms with E-state index in [1.807, 2.05) is 0 Å². The Morgan fingerprint density at radius 3 is 2.40 bits per heavy atom. The number of nitrogens with one attached hydrogen (secondary N) is 1. The van der Waals surface area contributed by atoms with Crippen LogP contribution < -0.4 is 5.73 Å². The van der Waals surface area contributed by atoms with Crippen molar-refractivity contribution in [2.45, 2.75) is 55.9 Å². The Labute approximate surface area is 120 Å². The van der Waals surface area contributed by atoms with E-state index in [-0.39, 0.29) is 4.90 Å². The molecule has 0 aromatic carbocycles. The summed E-state index contributed by atoms with van der Waals surface area (Å²) < 4.78 is 27.1. The fourth-order valence-electron chi connectivity index (χ4n) is 3.04. The molecule has 1 aliphatic rings. The van der Waals surface area contributed by atoms with Crippen LogP contribution in [0.4, 0.5) is 0 Å². The molecule has 7 heteroatoms. The fourth-order valence-corrected chi connectivity index (χ4v) is 4.72. The third-order valence-electron chi connectivity index (χ3n) is 4.50. The van der Waals surface area contributed by atoms with Crippen LogP contribution in [-0.2, 0) is 10.0 Å². The maximum absolute atomic E-state index is 12.8. The minimum atomic E-state index is -3.55. The van der Waals surface area contributed by atoms with Crippen LogP contribution in [0.5, 0.6) is 0 Å². The second-order valence-electron chi connectivity index (χ2n) is 5.67. The Morgan fingerprint density at radius 2 is 1.95 bits per heavy atom. The van der Waals surface area contributed by atoms with Gasteiger partial charge >= 0.3 is 0 Å². The van der Waals surface area contributed by atoms with Crippen LogP contribution in [0, 0.1) is 6.92 Å². The van der Waals surface area contributed by atoms with Crippen molar-refractivity contribution in [2.24, 2.45) is 5.73 Å². The summed E-state index contributed by atoms with van der Waals surface area (Å²) in [6, 6.07) is 0. The first-order valence-corrected chi connectivity index (χ1v) is 8.57. The molecule has 0 saturated heterocycles. The van der Waals surface area contributed by atoms with Crippen molar-refractivity contribution < 1.29 is 8.42 Å². The number of aromatic amines is 1. The Balaban J connectivity index is 2.37. The van der Waals surface area contributed by atoms with Crippen LogP contribution in [0.3, 0.4) is 0 Å². The maximum Gasteiger partial charge on any atom is 0.246 e. The lowest BCUT2D eigenvalue weighted by Crippen LogP contribution is -2.54. The van der Waals surface area contributed by atoms with E-state index in [4.69, 9.17) is 5.73 Å². The molecule has 0 spiro atoms. The molecular formula is C13H24N4O2S. The highest BCUT2D eigenvalue weighted by atomic mass is 32.2. The number of rotatable bonds is 4. The normalized spacial score (nSPS) is 20.0. The number of aromatic nitrogens is 2. The van der Waals surface area contributed by atoms with E-state index in [1.165, 1.54) is 10.5 Å². The van der Waals surface area contributed by atoms with Gasteiger partial charge in [0, 0.05) is 19.1 Å². The second-order valence-corrected chi connectivity index (χ2v) is 7.61. The van der Waals surface area contributed by atoms with Gasteiger partial charge in [-0.25, -0.2) is 8.42 Å². The molecular weight excluding hydrogens is 276 g/mol. The molecule has 0 unspecified atom stereocenters. The lowest BCUT2D eigenvalue weighted by molar-refractivity contribution is 0.196. The molecule has 0 amide bonds. The van der Waals surface area contributed by atoms with Gasteiger partial charge in [-0.05, 0) is 19.8 Å². The molecule has 1 aliphatic carbocycles. The average molecular weight is 300 g/mol. The van der Waals surface area contributed by atoms with Crippen LogP contribution in [0.15, 0.2) is 11.1 Å². The largest absolute Gasteiger partial charge is 0.329 e. The summed E-state index contributed by atoms with van der Waals surface area (Å²) in [7, 11) is -1.90. The van der Waals surface area contributed by atoms with Gasteiger partial charge in [0.15, 0.2) is 0 Å². The van der Waals surface area contributed by atoms with Gasteiger partial charge < -0.3 is 5.73 Å². The Hall–Kier alpha value is -0.920. The predicted molar refractivity (Wildman–Crippen MR) is 77.8 cm³/mol. The number of nitrogens with two attached hydrogens (primary N) is 1. The van der Waals surface area contributed by atoms with Crippen molar-refractivity contribution in [3.05, 3.63) is 11.9 Å². The Kier molecular flexibility index (Phi) is 4.51. The number of sulfonamides is 1. The molecule has 0 bridgehead atoms. The van der Waals surface area contributed by atoms with Gasteiger partial charge in [0.25, 0.3) is 0 Å². The summed E-state index contributed by atoms with van der Waals surface area (Å²) in [5, 5.41) is 6.51. The number of hydrogen-bond acceptors (Lipinski definition) is 4. The van der Waals surface area contributed by atoms with E-state index in [0.29, 0.717) is 12.2 Å². The Morgan fingerprint density at radius 1 is 1.35 bits per heavy atom. The van der Waals surface area contributed by atoms with Crippen LogP contribution in [-0.4, -0.2) is 42.1 Å². The molecule has 2 rings (SSSR count). The van der Waals surface area contributed by atoms with Gasteiger partial charge in [-0.15, -0.1) is 0 Å². The zero-order valence-electron chi connectivity index (χ0n) is 12.2. The summed E-state index contributed by atoms with van der Waals surface area (Å²) in [5.74, 6) is 0. The smallest absolute Gasteiger partial charge is 0.246 e. The highest BCUT2D eigenvalue weighted by molar-refractivity contribution is 7.89. The summed E-state index contributed by atoms with van der Waals surface area (Å²) in [5.41, 5.74) is 6.08. The number of aryl methyl sites for hydroxylation is 1. The van der Waals surface area contributed by atoms with E-state index in [9.17, 15) is 8.42 Å². The van der Waals surface area contributed by atoms with Crippen LogP contribution in [0.25, 0.3) is 0 Å². The topological polar surface area (TPSA) is 92.1 Å². The predicted octanol–water partition coefficient (Wildman–Crippen LogP) is 1.39. The minimum absolute atomic E-state index is 0.247. The first-order chi connectivity index (χ1) is 9.44. The number of likely N-dealkylation sites (N-methyl/N-ethyl adjacent to an activating group) is 1. The maximum atomic E-state index is 12.8. The van der Waals surface area contributed by atoms with Crippen molar-refractivity contribution in [3.63, 3.8) is 0 Å². The molecule has 114 valence electrons. The van der Waals surface area contributed by atoms with E-state index >= 15 is 0 Å². The van der Waals surface area contributed by atoms with Crippen LogP contribution in [0.2, 0.25) is 0 Å². The summed E-state index contributed by atoms with van der Waals surface area (Å²) in [6.45, 7) is 2.08. The van der Waals surface area contributed by atoms with Gasteiger partial charge in [0.1, 0.15) is 4.90 Å². The molecule has 0 aliphatic heterocycles. The highest BCUT2D eigenvalue weighted by Crippen LogP contribution is 2.34. The van der Waals surface area contributed by atoms with Crippen LogP contribution >= 0.6 is 0 Å². The third kappa shape index (κ3) is 2.62. The standard InChI is InChI=1S/C13H24N4O2S/c1-11-12(9-15-16-11)20(18,19)17(2)13(10-14)7-5-3-4-6-8-13/h9H,3-8,10,14H2,1-2H3,(H,15,16). The zero-order valence-corrected chi connectivity index (χ0v) is 13.0. The molecule has 3 N–H and O–H groups in total. The number of hydrogen-bond donors (Lipinski definition) is 2. The van der Waals surface area contributed by atoms with Crippen molar-refractivity contribution in [2.75, 3.05) is 13.6 Å². The molecule has 1 aromatic rings. The van der Waals surface area contributed by atoms with Gasteiger partial charge in [-0.2, -0.15) is 9.40 Å². The van der Waals surface area contributed by atoms with E-state index in [0.717, 1.165) is 38.5 Å². The molecule has 0 atom stereocenters. The molecule has 1 aromatic heterocycles. The molecule has 1 heterocycles. The molecule has 6 nitrogen and oxygen atoms in total. The van der Waals surface area contributed by atoms with Gasteiger partial charge in [0.2, 0.25) is 10.0 Å². The molecule has 20 heavy (non-hydrogen) atoms. The quantitative estimate of drug-likeness (QED) is 0.822. The zero-order chi connectivity index (χ0) is 14.8. The van der Waals surface area contributed by atoms with Crippen molar-refractivity contribution in [3.8, 4) is 0 Å². The molecule has 1 saturated carbocycles. The lowest BCUT2D eigenvalue weighted by atomic mass is 9.90. The van der Waals surface area contributed by atoms with Crippen LogP contribution in [0.1, 0.15) is 44.2 Å². The van der Waals surface area contributed by atoms with Gasteiger partial charge in [-0.3, -0.25) is 5.10 Å². The second kappa shape index (κ2) is 5.83. The molecule has 0 radical (unpaired) electrons. The van der Waals surface area contributed by atoms with Gasteiger partial charge in [-0.1, -0.05) is 25.7 Å². The lowest BCUT2D eigenvalue weighted by Gasteiger charge is -2.39. The average Bonchev–Trinajstić information content (AvgIpc) is 2.73. The highest BCUT2D eigenvalue weighted by Gasteiger charge is 2.41.